The highest BCUT2D eigenvalue weighted by Crippen LogP contribution is 2.31. The minimum Gasteiger partial charge on any atom is -0.296 e. The Hall–Kier alpha value is -0.700. The van der Waals surface area contributed by atoms with Crippen LogP contribution in [-0.4, -0.2) is 5.91 Å². The summed E-state index contributed by atoms with van der Waals surface area (Å²) in [6.07, 6.45) is 8.15. The molecule has 0 bridgehead atoms. The van der Waals surface area contributed by atoms with Crippen LogP contribution in [0.1, 0.15) is 25.7 Å². The van der Waals surface area contributed by atoms with Crippen molar-refractivity contribution >= 4 is 17.9 Å². The maximum Gasteiger partial charge on any atom is 0.230 e. The molecule has 1 amide bonds. The van der Waals surface area contributed by atoms with Gasteiger partial charge in [0, 0.05) is 11.3 Å². The first-order chi connectivity index (χ1) is 5.86. The summed E-state index contributed by atoms with van der Waals surface area (Å²) in [7, 11) is 0. The van der Waals surface area contributed by atoms with Crippen LogP contribution in [0.5, 0.6) is 0 Å². The van der Waals surface area contributed by atoms with Gasteiger partial charge in [-0.3, -0.25) is 9.52 Å². The standard InChI is InChI=1S/C9H11NOS/c11-9-6-5-7-3-1-2-4-8(7)12-10-9/h2,4H,1,3,5-6H2,(H,10,11). The third-order valence-corrected chi connectivity index (χ3v) is 3.13. The fraction of sp³-hybridized carbons (Fsp3) is 0.444. The summed E-state index contributed by atoms with van der Waals surface area (Å²) < 4.78 is 2.81. The quantitative estimate of drug-likeness (QED) is 0.580. The molecular formula is C9H11NOS. The van der Waals surface area contributed by atoms with E-state index in [0.29, 0.717) is 6.42 Å². The van der Waals surface area contributed by atoms with Gasteiger partial charge in [-0.2, -0.15) is 0 Å². The van der Waals surface area contributed by atoms with E-state index in [1.807, 2.05) is 0 Å². The molecule has 0 saturated heterocycles. The predicted octanol–water partition coefficient (Wildman–Crippen LogP) is 2.15. The molecule has 2 rings (SSSR count). The summed E-state index contributed by atoms with van der Waals surface area (Å²) in [5.74, 6) is 0.155. The number of allylic oxidation sites excluding steroid dienone is 3. The Bertz CT molecular complexity index is 268. The summed E-state index contributed by atoms with van der Waals surface area (Å²) in [6.45, 7) is 0. The molecule has 3 heteroatoms. The smallest absolute Gasteiger partial charge is 0.230 e. The molecule has 1 N–H and O–H groups in total. The summed E-state index contributed by atoms with van der Waals surface area (Å²) >= 11 is 1.47. The van der Waals surface area contributed by atoms with Crippen LogP contribution in [0, 0.1) is 0 Å². The van der Waals surface area contributed by atoms with Crippen molar-refractivity contribution in [1.82, 2.24) is 4.72 Å². The molecule has 0 aromatic carbocycles. The van der Waals surface area contributed by atoms with Crippen LogP contribution in [0.3, 0.4) is 0 Å². The van der Waals surface area contributed by atoms with Crippen molar-refractivity contribution in [3.05, 3.63) is 22.6 Å². The number of carbonyl (C=O) groups excluding carboxylic acids is 1. The zero-order chi connectivity index (χ0) is 8.39. The van der Waals surface area contributed by atoms with E-state index in [-0.39, 0.29) is 5.91 Å². The minimum absolute atomic E-state index is 0.155. The van der Waals surface area contributed by atoms with Crippen molar-refractivity contribution in [3.63, 3.8) is 0 Å². The maximum absolute atomic E-state index is 11.0. The average molecular weight is 181 g/mol. The van der Waals surface area contributed by atoms with Crippen LogP contribution in [0.2, 0.25) is 0 Å². The van der Waals surface area contributed by atoms with Gasteiger partial charge in [-0.25, -0.2) is 0 Å². The summed E-state index contributed by atoms with van der Waals surface area (Å²) in [5.41, 5.74) is 1.45. The van der Waals surface area contributed by atoms with E-state index in [9.17, 15) is 4.79 Å². The van der Waals surface area contributed by atoms with Gasteiger partial charge in [0.2, 0.25) is 5.91 Å². The van der Waals surface area contributed by atoms with Gasteiger partial charge in [-0.05, 0) is 31.2 Å². The van der Waals surface area contributed by atoms with Gasteiger partial charge >= 0.3 is 0 Å². The summed E-state index contributed by atoms with van der Waals surface area (Å²) in [5, 5.41) is 0. The Labute approximate surface area is 76.2 Å². The second kappa shape index (κ2) is 3.35. The van der Waals surface area contributed by atoms with Crippen molar-refractivity contribution < 1.29 is 4.79 Å². The van der Waals surface area contributed by atoms with Gasteiger partial charge in [-0.1, -0.05) is 17.7 Å². The first-order valence-electron chi connectivity index (χ1n) is 4.20. The molecule has 64 valence electrons. The zero-order valence-corrected chi connectivity index (χ0v) is 7.62. The molecule has 2 aliphatic rings. The van der Waals surface area contributed by atoms with Gasteiger partial charge < -0.3 is 0 Å². The summed E-state index contributed by atoms with van der Waals surface area (Å²) in [6, 6.07) is 0. The second-order valence-corrected chi connectivity index (χ2v) is 3.88. The number of nitrogens with one attached hydrogen (secondary N) is 1. The Kier molecular flexibility index (Phi) is 2.21. The highest BCUT2D eigenvalue weighted by atomic mass is 32.2. The van der Waals surface area contributed by atoms with E-state index in [1.54, 1.807) is 0 Å². The fourth-order valence-corrected chi connectivity index (χ4v) is 2.31. The van der Waals surface area contributed by atoms with E-state index in [4.69, 9.17) is 0 Å². The average Bonchev–Trinajstić information content (AvgIpc) is 2.29. The first-order valence-corrected chi connectivity index (χ1v) is 5.02. The molecule has 12 heavy (non-hydrogen) atoms. The second-order valence-electron chi connectivity index (χ2n) is 3.04. The Morgan fingerprint density at radius 3 is 3.17 bits per heavy atom. The molecule has 0 aromatic heterocycles. The largest absolute Gasteiger partial charge is 0.296 e. The van der Waals surface area contributed by atoms with E-state index in [1.165, 1.54) is 22.4 Å². The Morgan fingerprint density at radius 2 is 2.25 bits per heavy atom. The fourth-order valence-electron chi connectivity index (χ4n) is 1.47. The van der Waals surface area contributed by atoms with Gasteiger partial charge in [-0.15, -0.1) is 0 Å². The molecule has 0 saturated carbocycles. The molecule has 0 spiro atoms. The molecule has 0 fully saturated rings. The van der Waals surface area contributed by atoms with Crippen molar-refractivity contribution in [2.75, 3.05) is 0 Å². The number of amides is 1. The lowest BCUT2D eigenvalue weighted by Crippen LogP contribution is -2.12. The molecule has 1 aliphatic carbocycles. The third-order valence-electron chi connectivity index (χ3n) is 2.16. The van der Waals surface area contributed by atoms with Crippen LogP contribution in [-0.2, 0) is 4.79 Å². The number of hydrogen-bond acceptors (Lipinski definition) is 2. The zero-order valence-electron chi connectivity index (χ0n) is 6.80. The monoisotopic (exact) mass is 181 g/mol. The van der Waals surface area contributed by atoms with Crippen LogP contribution in [0.15, 0.2) is 22.6 Å². The molecule has 0 unspecified atom stereocenters. The van der Waals surface area contributed by atoms with Gasteiger partial charge in [0.1, 0.15) is 0 Å². The first kappa shape index (κ1) is 7.92. The molecule has 0 radical (unpaired) electrons. The maximum atomic E-state index is 11.0. The Morgan fingerprint density at radius 1 is 1.33 bits per heavy atom. The third kappa shape index (κ3) is 1.55. The predicted molar refractivity (Wildman–Crippen MR) is 50.4 cm³/mol. The highest BCUT2D eigenvalue weighted by molar-refractivity contribution is 8.02. The van der Waals surface area contributed by atoms with Crippen molar-refractivity contribution in [2.24, 2.45) is 0 Å². The van der Waals surface area contributed by atoms with E-state index in [2.05, 4.69) is 16.9 Å². The van der Waals surface area contributed by atoms with Gasteiger partial charge in [0.15, 0.2) is 0 Å². The van der Waals surface area contributed by atoms with Gasteiger partial charge in [0.05, 0.1) is 0 Å². The highest BCUT2D eigenvalue weighted by Gasteiger charge is 2.15. The molecular weight excluding hydrogens is 170 g/mol. The van der Waals surface area contributed by atoms with E-state index >= 15 is 0 Å². The number of rotatable bonds is 0. The van der Waals surface area contributed by atoms with Crippen molar-refractivity contribution in [2.45, 2.75) is 25.7 Å². The molecule has 1 aliphatic heterocycles. The van der Waals surface area contributed by atoms with E-state index in [0.717, 1.165) is 19.3 Å². The SMILES string of the molecule is O=C1CCC2=C(C=CCC2)SN1. The molecule has 0 atom stereocenters. The van der Waals surface area contributed by atoms with Crippen LogP contribution < -0.4 is 4.72 Å². The minimum atomic E-state index is 0.155. The van der Waals surface area contributed by atoms with E-state index < -0.39 is 0 Å². The topological polar surface area (TPSA) is 29.1 Å². The van der Waals surface area contributed by atoms with Crippen molar-refractivity contribution in [3.8, 4) is 0 Å². The molecule has 2 nitrogen and oxygen atoms in total. The number of carbonyl (C=O) groups is 1. The van der Waals surface area contributed by atoms with Gasteiger partial charge in [0.25, 0.3) is 0 Å². The molecule has 0 aromatic rings. The summed E-state index contributed by atoms with van der Waals surface area (Å²) in [4.78, 5) is 12.3. The Balaban J connectivity index is 2.18. The molecule has 1 heterocycles. The van der Waals surface area contributed by atoms with Crippen LogP contribution in [0.25, 0.3) is 0 Å². The lowest BCUT2D eigenvalue weighted by atomic mass is 10.0. The lowest BCUT2D eigenvalue weighted by molar-refractivity contribution is -0.119. The normalized spacial score (nSPS) is 23.2. The lowest BCUT2D eigenvalue weighted by Gasteiger charge is -2.10. The van der Waals surface area contributed by atoms with Crippen molar-refractivity contribution in [1.29, 1.82) is 0 Å². The number of hydrogen-bond donors (Lipinski definition) is 1. The van der Waals surface area contributed by atoms with Crippen LogP contribution in [0.4, 0.5) is 0 Å². The van der Waals surface area contributed by atoms with Crippen LogP contribution >= 0.6 is 11.9 Å².